The van der Waals surface area contributed by atoms with Gasteiger partial charge in [-0.2, -0.15) is 5.10 Å². The number of esters is 1. The molecule has 0 fully saturated rings. The quantitative estimate of drug-likeness (QED) is 0.136. The lowest BCUT2D eigenvalue weighted by Gasteiger charge is -2.09. The molecule has 0 radical (unpaired) electrons. The van der Waals surface area contributed by atoms with Crippen molar-refractivity contribution in [2.45, 2.75) is 0 Å². The molecule has 0 unspecified atom stereocenters. The Hall–Kier alpha value is -3.68. The zero-order valence-electron chi connectivity index (χ0n) is 17.7. The third kappa shape index (κ3) is 6.01. The van der Waals surface area contributed by atoms with Gasteiger partial charge in [0.1, 0.15) is 11.5 Å². The molecular weight excluding hydrogens is 520 g/mol. The molecule has 0 heterocycles. The fourth-order valence-electron chi connectivity index (χ4n) is 3.13. The van der Waals surface area contributed by atoms with Crippen LogP contribution in [0.1, 0.15) is 15.9 Å². The fourth-order valence-corrected chi connectivity index (χ4v) is 3.63. The molecule has 4 aromatic carbocycles. The normalized spacial score (nSPS) is 10.9. The maximum absolute atomic E-state index is 12.4. The van der Waals surface area contributed by atoms with E-state index in [9.17, 15) is 9.59 Å². The van der Waals surface area contributed by atoms with Crippen LogP contribution in [0.5, 0.6) is 11.5 Å². The summed E-state index contributed by atoms with van der Waals surface area (Å²) >= 11 is 9.25. The Kier molecular flexibility index (Phi) is 7.57. The molecule has 0 saturated carbocycles. The minimum atomic E-state index is -0.541. The molecule has 0 spiro atoms. The van der Waals surface area contributed by atoms with Crippen LogP contribution >= 0.6 is 27.5 Å². The van der Waals surface area contributed by atoms with Gasteiger partial charge in [-0.1, -0.05) is 63.9 Å². The van der Waals surface area contributed by atoms with Crippen molar-refractivity contribution in [2.75, 3.05) is 6.61 Å². The van der Waals surface area contributed by atoms with Crippen LogP contribution in [0.3, 0.4) is 0 Å². The first-order valence-corrected chi connectivity index (χ1v) is 11.4. The van der Waals surface area contributed by atoms with E-state index < -0.39 is 11.9 Å². The number of amides is 1. The summed E-state index contributed by atoms with van der Waals surface area (Å²) in [4.78, 5) is 24.7. The van der Waals surface area contributed by atoms with E-state index in [4.69, 9.17) is 21.1 Å². The number of carbonyl (C=O) groups is 2. The molecule has 0 aliphatic carbocycles. The predicted octanol–water partition coefficient (Wildman–Crippen LogP) is 6.00. The SMILES string of the molecule is O=C(COc1cccc2ccccc12)N/N=C\c1cc(Br)ccc1OC(=O)c1ccc(Cl)cc1. The minimum absolute atomic E-state index is 0.206. The van der Waals surface area contributed by atoms with Gasteiger partial charge in [-0.3, -0.25) is 4.79 Å². The van der Waals surface area contributed by atoms with Gasteiger partial charge in [0.25, 0.3) is 5.91 Å². The van der Waals surface area contributed by atoms with Crippen LogP contribution in [0.2, 0.25) is 5.02 Å². The molecule has 0 saturated heterocycles. The number of hydrogen-bond acceptors (Lipinski definition) is 5. The standard InChI is InChI=1S/C26H18BrClN2O4/c27-20-10-13-23(34-26(32)18-8-11-21(28)12-9-18)19(14-20)15-29-30-25(31)16-33-24-7-3-5-17-4-1-2-6-22(17)24/h1-15H,16H2,(H,30,31)/b29-15-. The van der Waals surface area contributed by atoms with Crippen LogP contribution in [0.4, 0.5) is 0 Å². The summed E-state index contributed by atoms with van der Waals surface area (Å²) in [6, 6.07) is 24.9. The minimum Gasteiger partial charge on any atom is -0.483 e. The van der Waals surface area contributed by atoms with Gasteiger partial charge < -0.3 is 9.47 Å². The number of ether oxygens (including phenoxy) is 2. The van der Waals surface area contributed by atoms with E-state index in [0.29, 0.717) is 21.9 Å². The van der Waals surface area contributed by atoms with E-state index in [1.54, 1.807) is 42.5 Å². The summed E-state index contributed by atoms with van der Waals surface area (Å²) in [6.07, 6.45) is 1.39. The number of halogens is 2. The maximum atomic E-state index is 12.4. The van der Waals surface area contributed by atoms with Gasteiger partial charge in [0.2, 0.25) is 0 Å². The third-order valence-electron chi connectivity index (χ3n) is 4.76. The number of benzene rings is 4. The van der Waals surface area contributed by atoms with E-state index in [0.717, 1.165) is 15.2 Å². The van der Waals surface area contributed by atoms with Crippen molar-refractivity contribution in [3.63, 3.8) is 0 Å². The lowest BCUT2D eigenvalue weighted by Crippen LogP contribution is -2.24. The summed E-state index contributed by atoms with van der Waals surface area (Å²) in [5.41, 5.74) is 3.27. The number of nitrogens with one attached hydrogen (secondary N) is 1. The van der Waals surface area contributed by atoms with Crippen LogP contribution in [0.25, 0.3) is 10.8 Å². The van der Waals surface area contributed by atoms with E-state index in [-0.39, 0.29) is 12.4 Å². The van der Waals surface area contributed by atoms with Gasteiger partial charge >= 0.3 is 5.97 Å². The van der Waals surface area contributed by atoms with E-state index in [2.05, 4.69) is 26.5 Å². The molecule has 4 aromatic rings. The third-order valence-corrected chi connectivity index (χ3v) is 5.50. The highest BCUT2D eigenvalue weighted by Gasteiger charge is 2.12. The summed E-state index contributed by atoms with van der Waals surface area (Å²) in [5.74, 6) is -0.0752. The summed E-state index contributed by atoms with van der Waals surface area (Å²) in [6.45, 7) is -0.206. The molecule has 0 atom stereocenters. The molecule has 170 valence electrons. The van der Waals surface area contributed by atoms with Crippen LogP contribution < -0.4 is 14.9 Å². The van der Waals surface area contributed by atoms with Crippen molar-refractivity contribution in [3.8, 4) is 11.5 Å². The molecular formula is C26H18BrClN2O4. The van der Waals surface area contributed by atoms with Crippen LogP contribution in [0.15, 0.2) is 94.5 Å². The smallest absolute Gasteiger partial charge is 0.343 e. The highest BCUT2D eigenvalue weighted by molar-refractivity contribution is 9.10. The van der Waals surface area contributed by atoms with E-state index in [1.165, 1.54) is 6.21 Å². The number of carbonyl (C=O) groups excluding carboxylic acids is 2. The highest BCUT2D eigenvalue weighted by Crippen LogP contribution is 2.25. The molecule has 34 heavy (non-hydrogen) atoms. The summed E-state index contributed by atoms with van der Waals surface area (Å²) in [5, 5.41) is 6.44. The molecule has 0 aliphatic rings. The molecule has 8 heteroatoms. The van der Waals surface area contributed by atoms with E-state index >= 15 is 0 Å². The largest absolute Gasteiger partial charge is 0.483 e. The number of hydrogen-bond donors (Lipinski definition) is 1. The van der Waals surface area contributed by atoms with Crippen LogP contribution in [0, 0.1) is 0 Å². The van der Waals surface area contributed by atoms with Gasteiger partial charge in [0, 0.05) is 20.4 Å². The molecule has 1 N–H and O–H groups in total. The van der Waals surface area contributed by atoms with Crippen LogP contribution in [-0.2, 0) is 4.79 Å². The predicted molar refractivity (Wildman–Crippen MR) is 136 cm³/mol. The second-order valence-electron chi connectivity index (χ2n) is 7.14. The van der Waals surface area contributed by atoms with Gasteiger partial charge in [0.15, 0.2) is 6.61 Å². The van der Waals surface area contributed by atoms with Gasteiger partial charge in [-0.25, -0.2) is 10.2 Å². The summed E-state index contributed by atoms with van der Waals surface area (Å²) < 4.78 is 11.9. The second kappa shape index (κ2) is 11.0. The topological polar surface area (TPSA) is 77.0 Å². The molecule has 0 bridgehead atoms. The van der Waals surface area contributed by atoms with Crippen molar-refractivity contribution in [2.24, 2.45) is 5.10 Å². The van der Waals surface area contributed by atoms with Crippen molar-refractivity contribution in [1.29, 1.82) is 0 Å². The van der Waals surface area contributed by atoms with Crippen molar-refractivity contribution >= 4 is 56.4 Å². The first-order chi connectivity index (χ1) is 16.5. The Bertz CT molecular complexity index is 1370. The molecule has 6 nitrogen and oxygen atoms in total. The van der Waals surface area contributed by atoms with Crippen molar-refractivity contribution in [1.82, 2.24) is 5.43 Å². The molecule has 0 aromatic heterocycles. The maximum Gasteiger partial charge on any atom is 0.343 e. The zero-order chi connectivity index (χ0) is 23.9. The number of fused-ring (bicyclic) bond motifs is 1. The zero-order valence-corrected chi connectivity index (χ0v) is 20.0. The Morgan fingerprint density at radius 1 is 0.941 bits per heavy atom. The Balaban J connectivity index is 1.39. The Morgan fingerprint density at radius 2 is 1.71 bits per heavy atom. The lowest BCUT2D eigenvalue weighted by molar-refractivity contribution is -0.123. The molecule has 0 aliphatic heterocycles. The number of rotatable bonds is 7. The van der Waals surface area contributed by atoms with E-state index in [1.807, 2.05) is 42.5 Å². The van der Waals surface area contributed by atoms with Gasteiger partial charge in [-0.05, 0) is 53.9 Å². The van der Waals surface area contributed by atoms with Gasteiger partial charge in [0.05, 0.1) is 11.8 Å². The average molecular weight is 538 g/mol. The first-order valence-electron chi connectivity index (χ1n) is 10.2. The van der Waals surface area contributed by atoms with Gasteiger partial charge in [-0.15, -0.1) is 0 Å². The lowest BCUT2D eigenvalue weighted by atomic mass is 10.1. The highest BCUT2D eigenvalue weighted by atomic mass is 79.9. The second-order valence-corrected chi connectivity index (χ2v) is 8.49. The van der Waals surface area contributed by atoms with Crippen molar-refractivity contribution in [3.05, 3.63) is 106 Å². The molecule has 4 rings (SSSR count). The monoisotopic (exact) mass is 536 g/mol. The first kappa shape index (κ1) is 23.5. The number of hydrazone groups is 1. The Labute approximate surface area is 209 Å². The molecule has 1 amide bonds. The number of nitrogens with zero attached hydrogens (tertiary/aromatic N) is 1. The van der Waals surface area contributed by atoms with Crippen LogP contribution in [-0.4, -0.2) is 24.7 Å². The van der Waals surface area contributed by atoms with Crippen molar-refractivity contribution < 1.29 is 19.1 Å². The summed E-state index contributed by atoms with van der Waals surface area (Å²) in [7, 11) is 0. The Morgan fingerprint density at radius 3 is 2.53 bits per heavy atom. The fraction of sp³-hybridized carbons (Fsp3) is 0.0385. The average Bonchev–Trinajstić information content (AvgIpc) is 2.84.